The first-order valence-corrected chi connectivity index (χ1v) is 10.9. The van der Waals surface area contributed by atoms with Crippen molar-refractivity contribution >= 4 is 51.8 Å². The predicted octanol–water partition coefficient (Wildman–Crippen LogP) is 5.52. The van der Waals surface area contributed by atoms with Gasteiger partial charge in [0.15, 0.2) is 11.6 Å². The third kappa shape index (κ3) is 5.04. The molecule has 1 fully saturated rings. The minimum atomic E-state index is -0.698. The number of halogens is 3. The molecule has 0 aliphatic carbocycles. The highest BCUT2D eigenvalue weighted by molar-refractivity contribution is 6.42. The van der Waals surface area contributed by atoms with Crippen LogP contribution in [0.5, 0.6) is 5.88 Å². The van der Waals surface area contributed by atoms with Crippen molar-refractivity contribution in [3.8, 4) is 5.88 Å². The molecule has 1 aliphatic heterocycles. The molecule has 8 nitrogen and oxygen atoms in total. The van der Waals surface area contributed by atoms with Crippen LogP contribution >= 0.6 is 23.2 Å². The fourth-order valence-corrected chi connectivity index (χ4v) is 3.48. The monoisotopic (exact) mass is 493 g/mol. The molecule has 3 aromatic rings. The number of hydrogen-bond donors (Lipinski definition) is 1. The van der Waals surface area contributed by atoms with Crippen molar-refractivity contribution in [2.24, 2.45) is 0 Å². The lowest BCUT2D eigenvalue weighted by atomic mass is 10.1. The van der Waals surface area contributed by atoms with Gasteiger partial charge >= 0.3 is 6.09 Å². The van der Waals surface area contributed by atoms with Crippen molar-refractivity contribution in [2.45, 2.75) is 39.4 Å². The summed E-state index contributed by atoms with van der Waals surface area (Å²) in [6, 6.07) is 4.75. The molecule has 11 heteroatoms. The van der Waals surface area contributed by atoms with E-state index in [4.69, 9.17) is 32.7 Å². The number of nitrogens with zero attached hydrogens (tertiary/aromatic N) is 4. The van der Waals surface area contributed by atoms with E-state index in [1.165, 1.54) is 18.5 Å². The molecule has 0 atom stereocenters. The summed E-state index contributed by atoms with van der Waals surface area (Å²) in [6.45, 7) is 8.08. The highest BCUT2D eigenvalue weighted by Crippen LogP contribution is 2.33. The second-order valence-electron chi connectivity index (χ2n) is 8.67. The van der Waals surface area contributed by atoms with Gasteiger partial charge in [-0.05, 0) is 45.9 Å². The van der Waals surface area contributed by atoms with E-state index >= 15 is 0 Å². The number of aromatic nitrogens is 3. The molecule has 1 amide bonds. The fourth-order valence-electron chi connectivity index (χ4n) is 3.17. The van der Waals surface area contributed by atoms with Crippen LogP contribution in [0.25, 0.3) is 11.0 Å². The Hall–Kier alpha value is -2.91. The van der Waals surface area contributed by atoms with Gasteiger partial charge in [0.2, 0.25) is 5.88 Å². The molecule has 0 bridgehead atoms. The SMILES string of the molecule is Cc1cc2ncnc(Nc3ccc(Cl)c(Cl)c3F)c2nc1OC1CN(C(=O)OC(C)(C)C)C1. The summed E-state index contributed by atoms with van der Waals surface area (Å²) in [4.78, 5) is 26.7. The molecule has 3 heterocycles. The average molecular weight is 494 g/mol. The quantitative estimate of drug-likeness (QED) is 0.478. The number of nitrogens with one attached hydrogen (secondary N) is 1. The molecule has 1 N–H and O–H groups in total. The van der Waals surface area contributed by atoms with Crippen LogP contribution < -0.4 is 10.1 Å². The second kappa shape index (κ2) is 8.79. The van der Waals surface area contributed by atoms with Gasteiger partial charge in [-0.15, -0.1) is 0 Å². The lowest BCUT2D eigenvalue weighted by molar-refractivity contribution is -0.0233. The van der Waals surface area contributed by atoms with Gasteiger partial charge in [0, 0.05) is 5.56 Å². The van der Waals surface area contributed by atoms with E-state index in [9.17, 15) is 9.18 Å². The van der Waals surface area contributed by atoms with Crippen molar-refractivity contribution in [2.75, 3.05) is 18.4 Å². The Labute approximate surface area is 200 Å². The van der Waals surface area contributed by atoms with Crippen molar-refractivity contribution in [3.63, 3.8) is 0 Å². The molecular weight excluding hydrogens is 472 g/mol. The predicted molar refractivity (Wildman–Crippen MR) is 124 cm³/mol. The van der Waals surface area contributed by atoms with Crippen LogP contribution in [0.2, 0.25) is 10.0 Å². The van der Waals surface area contributed by atoms with Crippen LogP contribution in [0.1, 0.15) is 26.3 Å². The van der Waals surface area contributed by atoms with Crippen LogP contribution in [0.3, 0.4) is 0 Å². The number of amides is 1. The van der Waals surface area contributed by atoms with Crippen LogP contribution in [0.4, 0.5) is 20.7 Å². The first-order chi connectivity index (χ1) is 15.5. The minimum Gasteiger partial charge on any atom is -0.470 e. The zero-order valence-electron chi connectivity index (χ0n) is 18.4. The second-order valence-corrected chi connectivity index (χ2v) is 9.46. The largest absolute Gasteiger partial charge is 0.470 e. The maximum atomic E-state index is 14.5. The van der Waals surface area contributed by atoms with Crippen molar-refractivity contribution in [1.29, 1.82) is 0 Å². The zero-order valence-corrected chi connectivity index (χ0v) is 20.0. The zero-order chi connectivity index (χ0) is 23.9. The Morgan fingerprint density at radius 1 is 1.24 bits per heavy atom. The van der Waals surface area contributed by atoms with Gasteiger partial charge in [-0.1, -0.05) is 23.2 Å². The summed E-state index contributed by atoms with van der Waals surface area (Å²) in [6.07, 6.45) is 0.746. The summed E-state index contributed by atoms with van der Waals surface area (Å²) in [5.41, 5.74) is 1.26. The van der Waals surface area contributed by atoms with E-state index in [0.717, 1.165) is 5.56 Å². The molecule has 0 saturated carbocycles. The van der Waals surface area contributed by atoms with E-state index in [0.29, 0.717) is 30.0 Å². The fraction of sp³-hybridized carbons (Fsp3) is 0.364. The van der Waals surface area contributed by atoms with Crippen LogP contribution in [-0.2, 0) is 4.74 Å². The highest BCUT2D eigenvalue weighted by atomic mass is 35.5. The lowest BCUT2D eigenvalue weighted by Gasteiger charge is -2.39. The number of fused-ring (bicyclic) bond motifs is 1. The van der Waals surface area contributed by atoms with Crippen LogP contribution in [0.15, 0.2) is 24.5 Å². The van der Waals surface area contributed by atoms with Crippen LogP contribution in [0, 0.1) is 12.7 Å². The van der Waals surface area contributed by atoms with Gasteiger partial charge in [0.1, 0.15) is 23.5 Å². The molecule has 0 radical (unpaired) electrons. The molecule has 1 saturated heterocycles. The Morgan fingerprint density at radius 3 is 2.67 bits per heavy atom. The number of aryl methyl sites for hydroxylation is 1. The number of rotatable bonds is 4. The number of hydrogen-bond acceptors (Lipinski definition) is 7. The van der Waals surface area contributed by atoms with Gasteiger partial charge in [0.05, 0.1) is 34.3 Å². The molecule has 33 heavy (non-hydrogen) atoms. The molecule has 1 aromatic carbocycles. The van der Waals surface area contributed by atoms with Gasteiger partial charge in [-0.2, -0.15) is 0 Å². The van der Waals surface area contributed by atoms with Crippen molar-refractivity contribution < 1.29 is 18.7 Å². The standard InChI is InChI=1S/C22H22Cl2FN5O3/c1-11-7-15-18(19(27-10-26-15)28-14-6-5-13(23)16(24)17(14)25)29-20(11)32-12-8-30(9-12)21(31)33-22(2,3)4/h5-7,10,12H,8-9H2,1-4H3,(H,26,27,28). The topological polar surface area (TPSA) is 89.5 Å². The van der Waals surface area contributed by atoms with Gasteiger partial charge in [-0.3, -0.25) is 0 Å². The van der Waals surface area contributed by atoms with Crippen LogP contribution in [-0.4, -0.2) is 50.7 Å². The maximum Gasteiger partial charge on any atom is 0.410 e. The summed E-state index contributed by atoms with van der Waals surface area (Å²) >= 11 is 11.8. The van der Waals surface area contributed by atoms with E-state index in [2.05, 4.69) is 20.3 Å². The summed E-state index contributed by atoms with van der Waals surface area (Å²) < 4.78 is 25.9. The number of likely N-dealkylation sites (tertiary alicyclic amines) is 1. The third-order valence-electron chi connectivity index (χ3n) is 4.82. The smallest absolute Gasteiger partial charge is 0.410 e. The van der Waals surface area contributed by atoms with Gasteiger partial charge in [-0.25, -0.2) is 24.1 Å². The minimum absolute atomic E-state index is 0.0984. The Morgan fingerprint density at radius 2 is 1.97 bits per heavy atom. The number of carbonyl (C=O) groups excluding carboxylic acids is 1. The van der Waals surface area contributed by atoms with E-state index in [-0.39, 0.29) is 33.7 Å². The number of anilines is 2. The van der Waals surface area contributed by atoms with Gasteiger partial charge in [0.25, 0.3) is 0 Å². The first kappa shape index (κ1) is 23.3. The number of benzene rings is 1. The summed E-state index contributed by atoms with van der Waals surface area (Å²) in [7, 11) is 0. The summed E-state index contributed by atoms with van der Waals surface area (Å²) in [5.74, 6) is -0.0360. The van der Waals surface area contributed by atoms with Gasteiger partial charge < -0.3 is 19.7 Å². The Balaban J connectivity index is 1.54. The van der Waals surface area contributed by atoms with Crippen molar-refractivity contribution in [1.82, 2.24) is 19.9 Å². The molecule has 2 aromatic heterocycles. The molecule has 174 valence electrons. The number of carbonyl (C=O) groups is 1. The highest BCUT2D eigenvalue weighted by Gasteiger charge is 2.35. The average Bonchev–Trinajstić information content (AvgIpc) is 2.69. The molecule has 0 spiro atoms. The number of ether oxygens (including phenoxy) is 2. The third-order valence-corrected chi connectivity index (χ3v) is 5.60. The van der Waals surface area contributed by atoms with E-state index in [1.54, 1.807) is 11.0 Å². The lowest BCUT2D eigenvalue weighted by Crippen LogP contribution is -2.57. The Kier molecular flexibility index (Phi) is 6.20. The molecule has 4 rings (SSSR count). The molecular formula is C22H22Cl2FN5O3. The van der Waals surface area contributed by atoms with Crippen molar-refractivity contribution in [3.05, 3.63) is 46.0 Å². The normalized spacial score (nSPS) is 14.2. The van der Waals surface area contributed by atoms with E-state index < -0.39 is 11.4 Å². The summed E-state index contributed by atoms with van der Waals surface area (Å²) in [5, 5.41) is 2.82. The maximum absolute atomic E-state index is 14.5. The Bertz CT molecular complexity index is 1230. The first-order valence-electron chi connectivity index (χ1n) is 10.2. The molecule has 0 unspecified atom stereocenters. The molecule has 1 aliphatic rings. The van der Waals surface area contributed by atoms with E-state index in [1.807, 2.05) is 27.7 Å². The number of pyridine rings is 1.